The highest BCUT2D eigenvalue weighted by Crippen LogP contribution is 2.37. The van der Waals surface area contributed by atoms with E-state index in [1.54, 1.807) is 12.1 Å². The number of halogens is 1. The number of nitrogens with zero attached hydrogens (tertiary/aromatic N) is 2. The molecule has 5 nitrogen and oxygen atoms in total. The van der Waals surface area contributed by atoms with Crippen LogP contribution in [0.3, 0.4) is 0 Å². The van der Waals surface area contributed by atoms with Gasteiger partial charge in [-0.3, -0.25) is 4.79 Å². The maximum absolute atomic E-state index is 13.4. The van der Waals surface area contributed by atoms with E-state index in [0.29, 0.717) is 17.8 Å². The molecule has 4 aliphatic rings. The van der Waals surface area contributed by atoms with Crippen molar-refractivity contribution in [1.82, 2.24) is 4.98 Å². The van der Waals surface area contributed by atoms with Crippen LogP contribution in [0, 0.1) is 5.82 Å². The van der Waals surface area contributed by atoms with Gasteiger partial charge in [0, 0.05) is 47.3 Å². The predicted octanol–water partition coefficient (Wildman–Crippen LogP) is 1.58. The van der Waals surface area contributed by atoms with E-state index in [1.807, 2.05) is 42.4 Å². The van der Waals surface area contributed by atoms with Gasteiger partial charge in [0.2, 0.25) is 0 Å². The minimum Gasteiger partial charge on any atom is -0.398 e. The average Bonchev–Trinajstić information content (AvgIpc) is 2.86. The molecular weight excluding hydrogens is 343 g/mol. The lowest BCUT2D eigenvalue weighted by atomic mass is 10.0. The van der Waals surface area contributed by atoms with Crippen molar-refractivity contribution in [3.63, 3.8) is 0 Å². The molecule has 0 saturated heterocycles. The number of nitrogens with two attached hydrogens (primary N) is 1. The number of benzene rings is 1. The fraction of sp³-hybridized carbons (Fsp3) is 0.0952. The Bertz CT molecular complexity index is 1260. The topological polar surface area (TPSA) is 65.4 Å². The number of rotatable bonds is 1. The van der Waals surface area contributed by atoms with Crippen LogP contribution in [-0.2, 0) is 0 Å². The van der Waals surface area contributed by atoms with E-state index in [9.17, 15) is 9.18 Å². The molecule has 1 aromatic carbocycles. The van der Waals surface area contributed by atoms with Crippen LogP contribution in [0.15, 0.2) is 53.5 Å². The molecule has 3 heterocycles. The van der Waals surface area contributed by atoms with Crippen molar-refractivity contribution in [3.8, 4) is 11.1 Å². The van der Waals surface area contributed by atoms with Crippen molar-refractivity contribution in [2.24, 2.45) is 5.73 Å². The second-order valence-corrected chi connectivity index (χ2v) is 6.77. The van der Waals surface area contributed by atoms with Crippen LogP contribution >= 0.6 is 0 Å². The summed E-state index contributed by atoms with van der Waals surface area (Å²) in [6.07, 6.45) is 5.67. The normalized spacial score (nSPS) is 15.1. The zero-order valence-electron chi connectivity index (χ0n) is 14.7. The number of H-pyrrole nitrogens is 1. The number of nitrogens with one attached hydrogen (secondary N) is 1. The van der Waals surface area contributed by atoms with Crippen LogP contribution < -0.4 is 31.7 Å². The first-order chi connectivity index (χ1) is 13.0. The molecule has 0 radical (unpaired) electrons. The van der Waals surface area contributed by atoms with Crippen LogP contribution in [0.4, 0.5) is 21.5 Å². The lowest BCUT2D eigenvalue weighted by Crippen LogP contribution is -2.27. The Morgan fingerprint density at radius 1 is 1.11 bits per heavy atom. The Morgan fingerprint density at radius 2 is 1.89 bits per heavy atom. The lowest BCUT2D eigenvalue weighted by molar-refractivity contribution is 0.628. The first kappa shape index (κ1) is 15.7. The van der Waals surface area contributed by atoms with Crippen molar-refractivity contribution in [2.45, 2.75) is 0 Å². The molecule has 0 fully saturated rings. The minimum atomic E-state index is -0.279. The van der Waals surface area contributed by atoms with Crippen LogP contribution in [0.5, 0.6) is 0 Å². The Balaban J connectivity index is 1.86. The van der Waals surface area contributed by atoms with Crippen LogP contribution in [0.2, 0.25) is 0 Å². The van der Waals surface area contributed by atoms with Crippen molar-refractivity contribution in [1.29, 1.82) is 0 Å². The number of aromatic nitrogens is 1. The fourth-order valence-electron chi connectivity index (χ4n) is 3.93. The number of aromatic amines is 1. The number of hydrogen-bond donors (Lipinski definition) is 2. The molecule has 0 aromatic heterocycles. The molecule has 0 bridgehead atoms. The van der Waals surface area contributed by atoms with Gasteiger partial charge in [0.25, 0.3) is 5.56 Å². The Morgan fingerprint density at radius 3 is 2.67 bits per heavy atom. The van der Waals surface area contributed by atoms with Gasteiger partial charge in [-0.1, -0.05) is 0 Å². The number of hydrogen-bond acceptors (Lipinski definition) is 4. The standard InChI is InChI=1S/C21H17FN4O/c1-25-10-8-15(23)14-6-7-17-18-16(24-21(27)19(18)20(14)25)9-11-26(17)13-4-2-12(22)3-5-13/h2-10H,11,23H2,1H3,(H,24,27). The van der Waals surface area contributed by atoms with Crippen LogP contribution in [0.1, 0.15) is 0 Å². The summed E-state index contributed by atoms with van der Waals surface area (Å²) in [5.74, 6) is -0.279. The summed E-state index contributed by atoms with van der Waals surface area (Å²) in [5.41, 5.74) is 10.7. The van der Waals surface area contributed by atoms with Gasteiger partial charge in [-0.05, 0) is 48.6 Å². The first-order valence-corrected chi connectivity index (χ1v) is 8.68. The fourth-order valence-corrected chi connectivity index (χ4v) is 3.93. The van der Waals surface area contributed by atoms with Crippen molar-refractivity contribution >= 4 is 28.8 Å². The minimum absolute atomic E-state index is 0.138. The lowest BCUT2D eigenvalue weighted by Gasteiger charge is -2.27. The largest absolute Gasteiger partial charge is 0.398 e. The molecule has 0 saturated carbocycles. The molecule has 3 N–H and O–H groups in total. The van der Waals surface area contributed by atoms with Crippen LogP contribution in [-0.4, -0.2) is 18.6 Å². The summed E-state index contributed by atoms with van der Waals surface area (Å²) in [6, 6.07) is 10.3. The molecule has 0 spiro atoms. The molecule has 1 aromatic rings. The van der Waals surface area contributed by atoms with Gasteiger partial charge < -0.3 is 20.5 Å². The summed E-state index contributed by atoms with van der Waals surface area (Å²) < 4.78 is 13.4. The van der Waals surface area contributed by atoms with E-state index in [-0.39, 0.29) is 11.4 Å². The number of anilines is 3. The SMILES string of the molecule is CN1C=CC(N)=c2ccc3c4c([nH]c(=O)c-4c21)=CCN3c1ccc(F)cc1. The highest BCUT2D eigenvalue weighted by Gasteiger charge is 2.27. The van der Waals surface area contributed by atoms with Gasteiger partial charge in [0.1, 0.15) is 5.82 Å². The van der Waals surface area contributed by atoms with Gasteiger partial charge in [-0.2, -0.15) is 0 Å². The van der Waals surface area contributed by atoms with Gasteiger partial charge in [0.15, 0.2) is 0 Å². The van der Waals surface area contributed by atoms with Gasteiger partial charge >= 0.3 is 0 Å². The second kappa shape index (κ2) is 5.48. The maximum Gasteiger partial charge on any atom is 0.258 e. The van der Waals surface area contributed by atoms with E-state index < -0.39 is 0 Å². The molecule has 1 aliphatic carbocycles. The zero-order chi connectivity index (χ0) is 18.7. The summed E-state index contributed by atoms with van der Waals surface area (Å²) in [4.78, 5) is 19.8. The van der Waals surface area contributed by atoms with E-state index in [1.165, 1.54) is 12.1 Å². The molecule has 0 unspecified atom stereocenters. The van der Waals surface area contributed by atoms with E-state index in [0.717, 1.165) is 33.2 Å². The average molecular weight is 360 g/mol. The molecule has 0 amide bonds. The smallest absolute Gasteiger partial charge is 0.258 e. The maximum atomic E-state index is 13.4. The van der Waals surface area contributed by atoms with E-state index in [2.05, 4.69) is 9.88 Å². The van der Waals surface area contributed by atoms with E-state index in [4.69, 9.17) is 5.73 Å². The first-order valence-electron chi connectivity index (χ1n) is 8.68. The number of fused-ring (bicyclic) bond motifs is 2. The summed E-state index contributed by atoms with van der Waals surface area (Å²) in [7, 11) is 1.90. The second-order valence-electron chi connectivity index (χ2n) is 6.77. The molecular formula is C21H17FN4O. The van der Waals surface area contributed by atoms with Crippen molar-refractivity contribution < 1.29 is 4.39 Å². The van der Waals surface area contributed by atoms with Gasteiger partial charge in [0.05, 0.1) is 16.9 Å². The summed E-state index contributed by atoms with van der Waals surface area (Å²) >= 11 is 0. The third-order valence-corrected chi connectivity index (χ3v) is 5.20. The van der Waals surface area contributed by atoms with Gasteiger partial charge in [-0.25, -0.2) is 4.39 Å². The molecule has 6 heteroatoms. The highest BCUT2D eigenvalue weighted by atomic mass is 19.1. The molecule has 27 heavy (non-hydrogen) atoms. The quantitative estimate of drug-likeness (QED) is 0.692. The third-order valence-electron chi connectivity index (χ3n) is 5.20. The predicted molar refractivity (Wildman–Crippen MR) is 106 cm³/mol. The monoisotopic (exact) mass is 360 g/mol. The molecule has 5 rings (SSSR count). The van der Waals surface area contributed by atoms with Gasteiger partial charge in [-0.15, -0.1) is 0 Å². The third kappa shape index (κ3) is 2.19. The molecule has 0 atom stereocenters. The molecule has 3 aliphatic heterocycles. The van der Waals surface area contributed by atoms with Crippen molar-refractivity contribution in [2.75, 3.05) is 23.4 Å². The Hall–Kier alpha value is -3.54. The van der Waals surface area contributed by atoms with E-state index >= 15 is 0 Å². The molecule has 134 valence electrons. The zero-order valence-corrected chi connectivity index (χ0v) is 14.7. The van der Waals surface area contributed by atoms with Crippen molar-refractivity contribution in [3.05, 3.63) is 75.4 Å². The summed E-state index contributed by atoms with van der Waals surface area (Å²) in [6.45, 7) is 0.579. The van der Waals surface area contributed by atoms with Crippen LogP contribution in [0.25, 0.3) is 22.9 Å². The Kier molecular flexibility index (Phi) is 3.18. The highest BCUT2D eigenvalue weighted by molar-refractivity contribution is 5.93. The summed E-state index contributed by atoms with van der Waals surface area (Å²) in [5, 5.41) is 1.63. The Labute approximate surface area is 154 Å².